The highest BCUT2D eigenvalue weighted by molar-refractivity contribution is 6.88. The van der Waals surface area contributed by atoms with Crippen LogP contribution in [0.4, 0.5) is 22.7 Å². The van der Waals surface area contributed by atoms with Crippen molar-refractivity contribution in [2.75, 3.05) is 74.0 Å². The average Bonchev–Trinajstić information content (AvgIpc) is 3.18. The molecule has 4 atom stereocenters. The molecule has 312 valence electrons. The fraction of sp³-hybridized carbons (Fsp3) is 0.500. The van der Waals surface area contributed by atoms with E-state index in [-0.39, 0.29) is 0 Å². The highest BCUT2D eigenvalue weighted by Crippen LogP contribution is 2.33. The van der Waals surface area contributed by atoms with Crippen LogP contribution in [0.15, 0.2) is 98.1 Å². The lowest BCUT2D eigenvalue weighted by Crippen LogP contribution is -2.60. The van der Waals surface area contributed by atoms with Crippen LogP contribution in [0.5, 0.6) is 0 Å². The fourth-order valence-electron chi connectivity index (χ4n) is 7.21. The maximum Gasteiger partial charge on any atom is 0.323 e. The Hall–Kier alpha value is -3.53. The third-order valence-electron chi connectivity index (χ3n) is 10.2. The van der Waals surface area contributed by atoms with Gasteiger partial charge in [0.1, 0.15) is 0 Å². The fourth-order valence-corrected chi connectivity index (χ4v) is 25.1. The summed E-state index contributed by atoms with van der Waals surface area (Å²) in [4.78, 5) is 49.5. The molecule has 0 saturated carbocycles. The van der Waals surface area contributed by atoms with Crippen LogP contribution < -0.4 is 19.6 Å². The lowest BCUT2D eigenvalue weighted by Gasteiger charge is -2.43. The van der Waals surface area contributed by atoms with Gasteiger partial charge in [-0.2, -0.15) is 0 Å². The van der Waals surface area contributed by atoms with Gasteiger partial charge in [0.2, 0.25) is 0 Å². The summed E-state index contributed by atoms with van der Waals surface area (Å²) in [6.45, 7) is 11.1. The molecule has 0 amide bonds. The van der Waals surface area contributed by atoms with Crippen LogP contribution in [0.1, 0.15) is 25.7 Å². The Morgan fingerprint density at radius 1 is 0.404 bits per heavy atom. The van der Waals surface area contributed by atoms with Crippen molar-refractivity contribution in [3.63, 3.8) is 0 Å². The molecule has 57 heavy (non-hydrogen) atoms. The summed E-state index contributed by atoms with van der Waals surface area (Å²) in [5.41, 5.74) is 4.35. The van der Waals surface area contributed by atoms with Crippen molar-refractivity contribution in [1.29, 1.82) is 0 Å². The molecule has 0 aliphatic heterocycles. The van der Waals surface area contributed by atoms with E-state index in [4.69, 9.17) is 12.3 Å². The van der Waals surface area contributed by atoms with Crippen LogP contribution in [-0.4, -0.2) is 118 Å². The van der Waals surface area contributed by atoms with E-state index in [9.17, 15) is 9.59 Å². The minimum absolute atomic E-state index is 0.568. The maximum atomic E-state index is 12.0. The van der Waals surface area contributed by atoms with Gasteiger partial charge in [0.15, 0.2) is 0 Å². The number of hydrogen-bond acceptors (Lipinski definition) is 13. The zero-order chi connectivity index (χ0) is 41.4. The van der Waals surface area contributed by atoms with E-state index in [1.807, 2.05) is 61.6 Å². The lowest BCUT2D eigenvalue weighted by atomic mass is 10.3. The Labute approximate surface area is 345 Å². The normalized spacial score (nSPS) is 15.8. The van der Waals surface area contributed by atoms with Crippen molar-refractivity contribution < 1.29 is 21.9 Å². The molecule has 4 rings (SSSR count). The molecule has 0 saturated heterocycles. The summed E-state index contributed by atoms with van der Waals surface area (Å²) < 4.78 is 21.3. The van der Waals surface area contributed by atoms with E-state index in [2.05, 4.69) is 80.8 Å². The van der Waals surface area contributed by atoms with Crippen LogP contribution in [0.3, 0.4) is 0 Å². The molecule has 2 N–H and O–H groups in total. The molecule has 0 spiro atoms. The van der Waals surface area contributed by atoms with E-state index >= 15 is 0 Å². The maximum absolute atomic E-state index is 12.0. The van der Waals surface area contributed by atoms with Crippen molar-refractivity contribution in [1.82, 2.24) is 19.9 Å². The summed E-state index contributed by atoms with van der Waals surface area (Å²) in [5, 5.41) is 0. The number of pyridine rings is 4. The van der Waals surface area contributed by atoms with Crippen molar-refractivity contribution in [2.24, 2.45) is 0 Å². The minimum Gasteiger partial charge on any atom is -0.416 e. The first-order chi connectivity index (χ1) is 27.1. The van der Waals surface area contributed by atoms with E-state index in [0.29, 0.717) is 24.2 Å². The number of nitrogens with zero attached hydrogens (tertiary/aromatic N) is 8. The van der Waals surface area contributed by atoms with Gasteiger partial charge in [0.25, 0.3) is 0 Å². The molecule has 0 aliphatic rings. The Bertz CT molecular complexity index is 1590. The van der Waals surface area contributed by atoms with Crippen molar-refractivity contribution in [3.05, 3.63) is 98.1 Å². The zero-order valence-corrected chi connectivity index (χ0v) is 39.4. The highest BCUT2D eigenvalue weighted by atomic mass is 28.5. The second kappa shape index (κ2) is 22.0. The third kappa shape index (κ3) is 16.3. The van der Waals surface area contributed by atoms with Crippen LogP contribution in [-0.2, 0) is 12.3 Å². The Morgan fingerprint density at radius 3 is 0.877 bits per heavy atom. The molecule has 17 heteroatoms. The SMILES string of the molecule is CN(CCC[Si](C)(O)O[Si](C)(CCCN(C)c1ccncc1)O[Si](C)(CCCN(C)c1ccncc1)O[Si](C)(O)CCCN(C)c1ccncc1)c1ccncc1. The molecule has 0 aliphatic carbocycles. The van der Waals surface area contributed by atoms with Gasteiger partial charge in [-0.05, 0) is 125 Å². The Kier molecular flexibility index (Phi) is 17.8. The summed E-state index contributed by atoms with van der Waals surface area (Å²) in [5.74, 6) is 0. The second-order valence-electron chi connectivity index (χ2n) is 15.8. The van der Waals surface area contributed by atoms with Gasteiger partial charge in [-0.1, -0.05) is 0 Å². The largest absolute Gasteiger partial charge is 0.416 e. The van der Waals surface area contributed by atoms with E-state index in [0.717, 1.165) is 74.6 Å². The van der Waals surface area contributed by atoms with Gasteiger partial charge in [0.05, 0.1) is 0 Å². The summed E-state index contributed by atoms with van der Waals surface area (Å²) in [6, 6.07) is 18.5. The smallest absolute Gasteiger partial charge is 0.323 e. The van der Waals surface area contributed by atoms with E-state index in [1.54, 1.807) is 49.6 Å². The highest BCUT2D eigenvalue weighted by Gasteiger charge is 2.49. The van der Waals surface area contributed by atoms with E-state index < -0.39 is 34.2 Å². The average molecular weight is 851 g/mol. The van der Waals surface area contributed by atoms with Crippen LogP contribution >= 0.6 is 0 Å². The van der Waals surface area contributed by atoms with Gasteiger partial charge in [0, 0.05) is 127 Å². The molecule has 0 bridgehead atoms. The van der Waals surface area contributed by atoms with Gasteiger partial charge < -0.3 is 41.5 Å². The molecule has 0 radical (unpaired) electrons. The summed E-state index contributed by atoms with van der Waals surface area (Å²) >= 11 is 0. The van der Waals surface area contributed by atoms with Crippen LogP contribution in [0.25, 0.3) is 0 Å². The molecule has 0 fully saturated rings. The summed E-state index contributed by atoms with van der Waals surface area (Å²) in [6.07, 6.45) is 17.6. The number of anilines is 4. The van der Waals surface area contributed by atoms with Crippen LogP contribution in [0.2, 0.25) is 50.4 Å². The molecule has 4 unspecified atom stereocenters. The van der Waals surface area contributed by atoms with Gasteiger partial charge >= 0.3 is 34.2 Å². The minimum atomic E-state index is -3.20. The molecule has 13 nitrogen and oxygen atoms in total. The first-order valence-electron chi connectivity index (χ1n) is 20.1. The van der Waals surface area contributed by atoms with E-state index in [1.165, 1.54) is 0 Å². The molecular weight excluding hydrogens is 785 g/mol. The predicted molar refractivity (Wildman–Crippen MR) is 242 cm³/mol. The topological polar surface area (TPSA) is 133 Å². The first-order valence-corrected chi connectivity index (χ1v) is 30.2. The van der Waals surface area contributed by atoms with Gasteiger partial charge in [-0.15, -0.1) is 0 Å². The number of aromatic nitrogens is 4. The Morgan fingerprint density at radius 2 is 0.632 bits per heavy atom. The monoisotopic (exact) mass is 850 g/mol. The molecule has 4 aromatic heterocycles. The molecule has 0 aromatic carbocycles. The van der Waals surface area contributed by atoms with Gasteiger partial charge in [-0.25, -0.2) is 0 Å². The zero-order valence-electron chi connectivity index (χ0n) is 35.4. The third-order valence-corrected chi connectivity index (χ3v) is 25.7. The lowest BCUT2D eigenvalue weighted by molar-refractivity contribution is 0.261. The van der Waals surface area contributed by atoms with Crippen molar-refractivity contribution >= 4 is 57.0 Å². The van der Waals surface area contributed by atoms with Gasteiger partial charge in [-0.3, -0.25) is 19.9 Å². The second-order valence-corrected chi connectivity index (χ2v) is 29.5. The standard InChI is InChI=1S/C40H66N8O5Si4/c1-45(37-13-21-41-22-14-37)29-9-33-54(5,49)51-56(7,35-11-31-47(3)39-17-25-43-26-18-39)53-57(8,36-12-32-48(4)40-19-27-44-28-20-40)52-55(6,50)34-10-30-46(2)38-15-23-42-24-16-38/h13-28,49-50H,9-12,29-36H2,1-8H3. The first kappa shape index (κ1) is 46.2. The van der Waals surface area contributed by atoms with Crippen LogP contribution in [0, 0.1) is 0 Å². The van der Waals surface area contributed by atoms with Crippen molar-refractivity contribution in [2.45, 2.75) is 76.0 Å². The summed E-state index contributed by atoms with van der Waals surface area (Å²) in [7, 11) is -4.32. The molecule has 4 aromatic rings. The predicted octanol–water partition coefficient (Wildman–Crippen LogP) is 6.99. The quantitative estimate of drug-likeness (QED) is 0.0630. The number of rotatable bonds is 26. The molecular formula is C40H66N8O5Si4. The van der Waals surface area contributed by atoms with Crippen molar-refractivity contribution in [3.8, 4) is 0 Å². The molecule has 4 heterocycles. The number of hydrogen-bond donors (Lipinski definition) is 2. The Balaban J connectivity index is 1.52.